The smallest absolute Gasteiger partial charge is 0.302 e. The third kappa shape index (κ3) is 2.97. The average Bonchev–Trinajstić information content (AvgIpc) is 3.01. The number of carbonyl (C=O) groups is 1. The Morgan fingerprint density at radius 1 is 1.11 bits per heavy atom. The molecule has 0 aromatic carbocycles. The van der Waals surface area contributed by atoms with Gasteiger partial charge in [0.1, 0.15) is 6.10 Å². The van der Waals surface area contributed by atoms with Crippen LogP contribution in [0.4, 0.5) is 0 Å². The van der Waals surface area contributed by atoms with E-state index in [1.165, 1.54) is 39.0 Å². The largest absolute Gasteiger partial charge is 0.463 e. The highest BCUT2D eigenvalue weighted by atomic mass is 16.5. The van der Waals surface area contributed by atoms with Crippen LogP contribution in [0.1, 0.15) is 92.4 Å². The Hall–Kier alpha value is -0.570. The number of hydrogen-bond donors (Lipinski definition) is 1. The van der Waals surface area contributed by atoms with Crippen LogP contribution < -0.4 is 0 Å². The topological polar surface area (TPSA) is 46.5 Å². The van der Waals surface area contributed by atoms with Crippen molar-refractivity contribution in [3.8, 4) is 0 Å². The van der Waals surface area contributed by atoms with Crippen LogP contribution in [0.3, 0.4) is 0 Å². The van der Waals surface area contributed by atoms with Gasteiger partial charge in [0, 0.05) is 6.92 Å². The number of fused-ring (bicyclic) bond motifs is 5. The van der Waals surface area contributed by atoms with Gasteiger partial charge in [-0.2, -0.15) is 0 Å². The zero-order valence-electron chi connectivity index (χ0n) is 18.7. The molecule has 4 fully saturated rings. The van der Waals surface area contributed by atoms with Crippen molar-refractivity contribution in [2.45, 2.75) is 105 Å². The number of ether oxygens (including phenoxy) is 1. The second kappa shape index (κ2) is 7.29. The molecule has 3 nitrogen and oxygen atoms in total. The number of esters is 1. The lowest BCUT2D eigenvalue weighted by molar-refractivity contribution is -0.180. The van der Waals surface area contributed by atoms with Gasteiger partial charge in [-0.25, -0.2) is 0 Å². The van der Waals surface area contributed by atoms with Crippen molar-refractivity contribution in [2.24, 2.45) is 46.3 Å². The summed E-state index contributed by atoms with van der Waals surface area (Å²) < 4.78 is 5.59. The molecular weight excluding hydrogens is 348 g/mol. The molecule has 0 aliphatic heterocycles. The maximum absolute atomic E-state index is 11.5. The number of aliphatic hydroxyl groups excluding tert-OH is 1. The Balaban J connectivity index is 1.56. The van der Waals surface area contributed by atoms with E-state index < -0.39 is 0 Å². The predicted octanol–water partition coefficient (Wildman–Crippen LogP) is 5.59. The van der Waals surface area contributed by atoms with Crippen molar-refractivity contribution in [3.05, 3.63) is 0 Å². The highest BCUT2D eigenvalue weighted by Crippen LogP contribution is 2.68. The third-order valence-electron chi connectivity index (χ3n) is 10.5. The number of carbonyl (C=O) groups excluding carboxylic acids is 1. The van der Waals surface area contributed by atoms with Crippen LogP contribution >= 0.6 is 0 Å². The Kier molecular flexibility index (Phi) is 5.39. The lowest BCUT2D eigenvalue weighted by atomic mass is 9.43. The Morgan fingerprint density at radius 3 is 2.54 bits per heavy atom. The second-order valence-corrected chi connectivity index (χ2v) is 11.3. The lowest BCUT2D eigenvalue weighted by Crippen LogP contribution is -2.59. The molecule has 0 bridgehead atoms. The molecule has 0 aromatic rings. The van der Waals surface area contributed by atoms with Crippen molar-refractivity contribution >= 4 is 5.97 Å². The first-order valence-corrected chi connectivity index (χ1v) is 12.1. The van der Waals surface area contributed by atoms with Gasteiger partial charge in [0.05, 0.1) is 6.10 Å². The maximum atomic E-state index is 11.5. The molecule has 10 atom stereocenters. The monoisotopic (exact) mass is 390 g/mol. The minimum absolute atomic E-state index is 0.118. The standard InChI is InChI=1S/C25H42O3/c1-6-15(2)20-9-10-21-19-8-7-17-13-18(28-16(3)26)11-12-24(17,4)22(19)14-23(27)25(20,21)5/h15,17-23,27H,6-14H2,1-5H3. The SMILES string of the molecule is CCC(C)C1CCC2C3CCC4CC(OC(C)=O)CCC4(C)C3CC(O)C12C. The molecule has 4 aliphatic rings. The fourth-order valence-corrected chi connectivity index (χ4v) is 8.77. The van der Waals surface area contributed by atoms with Crippen molar-refractivity contribution in [1.29, 1.82) is 0 Å². The van der Waals surface area contributed by atoms with E-state index in [1.807, 2.05) is 0 Å². The van der Waals surface area contributed by atoms with Crippen molar-refractivity contribution in [3.63, 3.8) is 0 Å². The molecule has 3 heteroatoms. The summed E-state index contributed by atoms with van der Waals surface area (Å²) in [6, 6.07) is 0. The fourth-order valence-electron chi connectivity index (χ4n) is 8.77. The molecule has 0 amide bonds. The van der Waals surface area contributed by atoms with Crippen LogP contribution in [0, 0.1) is 46.3 Å². The van der Waals surface area contributed by atoms with E-state index in [0.29, 0.717) is 35.0 Å². The summed E-state index contributed by atoms with van der Waals surface area (Å²) in [5.41, 5.74) is 0.436. The van der Waals surface area contributed by atoms with Gasteiger partial charge < -0.3 is 9.84 Å². The molecule has 28 heavy (non-hydrogen) atoms. The van der Waals surface area contributed by atoms with E-state index >= 15 is 0 Å². The summed E-state index contributed by atoms with van der Waals surface area (Å²) >= 11 is 0. The van der Waals surface area contributed by atoms with Crippen LogP contribution in [0.25, 0.3) is 0 Å². The molecule has 0 spiro atoms. The van der Waals surface area contributed by atoms with Crippen molar-refractivity contribution < 1.29 is 14.6 Å². The number of aliphatic hydroxyl groups is 1. The highest BCUT2D eigenvalue weighted by molar-refractivity contribution is 5.66. The summed E-state index contributed by atoms with van der Waals surface area (Å²) in [5, 5.41) is 11.5. The zero-order valence-corrected chi connectivity index (χ0v) is 18.7. The Labute approximate surface area is 172 Å². The van der Waals surface area contributed by atoms with Gasteiger partial charge in [-0.15, -0.1) is 0 Å². The first-order chi connectivity index (χ1) is 13.2. The molecule has 1 N–H and O–H groups in total. The van der Waals surface area contributed by atoms with E-state index in [4.69, 9.17) is 4.74 Å². The maximum Gasteiger partial charge on any atom is 0.302 e. The van der Waals surface area contributed by atoms with Crippen LogP contribution in [0.2, 0.25) is 0 Å². The van der Waals surface area contributed by atoms with Crippen molar-refractivity contribution in [2.75, 3.05) is 0 Å². The first-order valence-electron chi connectivity index (χ1n) is 12.1. The van der Waals surface area contributed by atoms with Crippen LogP contribution in [-0.2, 0) is 9.53 Å². The summed E-state index contributed by atoms with van der Waals surface area (Å²) in [6.07, 6.45) is 10.6. The van der Waals surface area contributed by atoms with Crippen LogP contribution in [-0.4, -0.2) is 23.3 Å². The highest BCUT2D eigenvalue weighted by Gasteiger charge is 2.63. The second-order valence-electron chi connectivity index (χ2n) is 11.3. The van der Waals surface area contributed by atoms with E-state index in [1.54, 1.807) is 0 Å². The minimum Gasteiger partial charge on any atom is -0.463 e. The van der Waals surface area contributed by atoms with Gasteiger partial charge in [0.2, 0.25) is 0 Å². The number of rotatable bonds is 3. The normalized spacial score (nSPS) is 51.6. The quantitative estimate of drug-likeness (QED) is 0.639. The molecule has 160 valence electrons. The molecule has 0 heterocycles. The zero-order chi connectivity index (χ0) is 20.3. The van der Waals surface area contributed by atoms with Gasteiger partial charge in [0.15, 0.2) is 0 Å². The van der Waals surface area contributed by atoms with E-state index in [-0.39, 0.29) is 23.6 Å². The van der Waals surface area contributed by atoms with Gasteiger partial charge >= 0.3 is 5.97 Å². The van der Waals surface area contributed by atoms with Gasteiger partial charge in [0.25, 0.3) is 0 Å². The fraction of sp³-hybridized carbons (Fsp3) is 0.960. The number of hydrogen-bond acceptors (Lipinski definition) is 3. The predicted molar refractivity (Wildman–Crippen MR) is 112 cm³/mol. The molecule has 4 saturated carbocycles. The summed E-state index contributed by atoms with van der Waals surface area (Å²) in [7, 11) is 0. The Bertz CT molecular complexity index is 603. The van der Waals surface area contributed by atoms with E-state index in [0.717, 1.165) is 31.6 Å². The van der Waals surface area contributed by atoms with Gasteiger partial charge in [-0.05, 0) is 97.7 Å². The van der Waals surface area contributed by atoms with Gasteiger partial charge in [-0.1, -0.05) is 34.1 Å². The Morgan fingerprint density at radius 2 is 1.86 bits per heavy atom. The summed E-state index contributed by atoms with van der Waals surface area (Å²) in [4.78, 5) is 11.4. The first kappa shape index (κ1) is 20.7. The van der Waals surface area contributed by atoms with Crippen LogP contribution in [0.5, 0.6) is 0 Å². The lowest BCUT2D eigenvalue weighted by Gasteiger charge is -2.62. The minimum atomic E-state index is -0.151. The molecule has 4 rings (SSSR count). The molecule has 0 saturated heterocycles. The molecule has 4 aliphatic carbocycles. The van der Waals surface area contributed by atoms with Crippen molar-refractivity contribution in [1.82, 2.24) is 0 Å². The summed E-state index contributed by atoms with van der Waals surface area (Å²) in [5.74, 6) is 4.05. The molecular formula is C25H42O3. The molecule has 10 unspecified atom stereocenters. The third-order valence-corrected chi connectivity index (χ3v) is 10.5. The van der Waals surface area contributed by atoms with Gasteiger partial charge in [-0.3, -0.25) is 4.79 Å². The van der Waals surface area contributed by atoms with Crippen LogP contribution in [0.15, 0.2) is 0 Å². The molecule has 0 radical (unpaired) electrons. The average molecular weight is 391 g/mol. The molecule has 0 aromatic heterocycles. The summed E-state index contributed by atoms with van der Waals surface area (Å²) in [6.45, 7) is 11.2. The van der Waals surface area contributed by atoms with E-state index in [2.05, 4.69) is 27.7 Å². The van der Waals surface area contributed by atoms with E-state index in [9.17, 15) is 9.90 Å².